The van der Waals surface area contributed by atoms with E-state index in [-0.39, 0.29) is 31.9 Å². The first-order chi connectivity index (χ1) is 9.56. The molecule has 0 bridgehead atoms. The third-order valence-electron chi connectivity index (χ3n) is 3.29. The summed E-state index contributed by atoms with van der Waals surface area (Å²) in [6, 6.07) is 5.17. The number of benzene rings is 1. The minimum Gasteiger partial charge on any atom is -0.507 e. The second-order valence-electron chi connectivity index (χ2n) is 4.85. The molecule has 0 aliphatic heterocycles. The lowest BCUT2D eigenvalue weighted by Gasteiger charge is -2.12. The molecule has 110 valence electrons. The molecule has 20 heavy (non-hydrogen) atoms. The molecule has 2 aromatic rings. The van der Waals surface area contributed by atoms with Crippen LogP contribution in [0.1, 0.15) is 5.56 Å². The minimum atomic E-state index is -0.906. The van der Waals surface area contributed by atoms with Crippen molar-refractivity contribution in [2.24, 2.45) is 0 Å². The maximum atomic E-state index is 10.2. The average Bonchev–Trinajstić information content (AvgIpc) is 2.85. The van der Waals surface area contributed by atoms with E-state index in [0.29, 0.717) is 10.9 Å². The van der Waals surface area contributed by atoms with Crippen LogP contribution in [0.2, 0.25) is 0 Å². The van der Waals surface area contributed by atoms with Crippen LogP contribution in [0.15, 0.2) is 24.4 Å². The lowest BCUT2D eigenvalue weighted by Crippen LogP contribution is -2.19. The number of aromatic nitrogens is 1. The molecule has 2 unspecified atom stereocenters. The summed E-state index contributed by atoms with van der Waals surface area (Å²) in [6.07, 6.45) is 0.124. The smallest absolute Gasteiger partial charge is 0.128 e. The summed E-state index contributed by atoms with van der Waals surface area (Å²) in [5, 5.41) is 47.4. The zero-order valence-corrected chi connectivity index (χ0v) is 11.0. The number of hydrogen-bond acceptors (Lipinski definition) is 5. The highest BCUT2D eigenvalue weighted by atomic mass is 16.3. The Morgan fingerprint density at radius 3 is 2.35 bits per heavy atom. The number of fused-ring (bicyclic) bond motifs is 1. The van der Waals surface area contributed by atoms with Crippen LogP contribution < -0.4 is 0 Å². The van der Waals surface area contributed by atoms with Crippen molar-refractivity contribution in [3.8, 4) is 5.75 Å². The molecule has 1 aromatic heterocycles. The summed E-state index contributed by atoms with van der Waals surface area (Å²) in [4.78, 5) is 0. The minimum absolute atomic E-state index is 0.0623. The predicted molar refractivity (Wildman–Crippen MR) is 73.5 cm³/mol. The number of aliphatic hydroxyl groups excluding tert-OH is 4. The standard InChI is InChI=1S/C14H19NO5/c16-7-10(18)5-9-1-2-13-12(14(9)20)3-4-15(13)6-11(19)8-17/h1-4,10-11,16-20H,5-8H2. The molecule has 0 fully saturated rings. The van der Waals surface area contributed by atoms with Crippen molar-refractivity contribution in [2.45, 2.75) is 25.2 Å². The van der Waals surface area contributed by atoms with E-state index in [0.717, 1.165) is 5.52 Å². The van der Waals surface area contributed by atoms with Gasteiger partial charge in [0.1, 0.15) is 5.75 Å². The van der Waals surface area contributed by atoms with E-state index >= 15 is 0 Å². The second-order valence-corrected chi connectivity index (χ2v) is 4.85. The van der Waals surface area contributed by atoms with Crippen molar-refractivity contribution in [3.05, 3.63) is 30.0 Å². The summed E-state index contributed by atoms with van der Waals surface area (Å²) in [7, 11) is 0. The van der Waals surface area contributed by atoms with Crippen LogP contribution in [0.4, 0.5) is 0 Å². The molecule has 1 aromatic carbocycles. The van der Waals surface area contributed by atoms with E-state index in [1.807, 2.05) is 0 Å². The molecule has 6 nitrogen and oxygen atoms in total. The van der Waals surface area contributed by atoms with Crippen LogP contribution in [0, 0.1) is 0 Å². The number of aromatic hydroxyl groups is 1. The molecule has 2 atom stereocenters. The third kappa shape index (κ3) is 2.94. The molecular weight excluding hydrogens is 262 g/mol. The molecule has 0 spiro atoms. The summed E-state index contributed by atoms with van der Waals surface area (Å²) in [5.74, 6) is 0.0623. The van der Waals surface area contributed by atoms with Crippen molar-refractivity contribution in [3.63, 3.8) is 0 Å². The predicted octanol–water partition coefficient (Wildman–Crippen LogP) is -0.404. The van der Waals surface area contributed by atoms with Gasteiger partial charge < -0.3 is 30.1 Å². The van der Waals surface area contributed by atoms with Gasteiger partial charge in [0.2, 0.25) is 0 Å². The lowest BCUT2D eigenvalue weighted by atomic mass is 10.0. The Labute approximate surface area is 116 Å². The first kappa shape index (κ1) is 14.8. The summed E-state index contributed by atoms with van der Waals surface area (Å²) >= 11 is 0. The fourth-order valence-electron chi connectivity index (χ4n) is 2.23. The van der Waals surface area contributed by atoms with Gasteiger partial charge in [0.05, 0.1) is 37.5 Å². The fourth-order valence-corrected chi connectivity index (χ4v) is 2.23. The first-order valence-corrected chi connectivity index (χ1v) is 6.44. The molecule has 0 aliphatic rings. The van der Waals surface area contributed by atoms with Gasteiger partial charge in [-0.1, -0.05) is 6.07 Å². The Balaban J connectivity index is 2.33. The summed E-state index contributed by atoms with van der Waals surface area (Å²) in [5.41, 5.74) is 1.29. The zero-order chi connectivity index (χ0) is 14.7. The van der Waals surface area contributed by atoms with Crippen LogP contribution in [-0.4, -0.2) is 55.5 Å². The Hall–Kier alpha value is -1.60. The number of rotatable bonds is 6. The maximum absolute atomic E-state index is 10.2. The molecule has 5 N–H and O–H groups in total. The Morgan fingerprint density at radius 1 is 1.00 bits per heavy atom. The van der Waals surface area contributed by atoms with Gasteiger partial charge in [-0.05, 0) is 17.7 Å². The van der Waals surface area contributed by atoms with Crippen molar-refractivity contribution >= 4 is 10.9 Å². The molecule has 0 radical (unpaired) electrons. The SMILES string of the molecule is OCC(O)Cc1ccc2c(ccn2CC(O)CO)c1O. The number of hydrogen-bond donors (Lipinski definition) is 5. The van der Waals surface area contributed by atoms with E-state index in [9.17, 15) is 15.3 Å². The number of phenolic OH excluding ortho intramolecular Hbond substituents is 1. The molecule has 2 rings (SSSR count). The molecule has 0 saturated heterocycles. The maximum Gasteiger partial charge on any atom is 0.128 e. The van der Waals surface area contributed by atoms with E-state index < -0.39 is 12.2 Å². The van der Waals surface area contributed by atoms with Gasteiger partial charge in [-0.15, -0.1) is 0 Å². The second kappa shape index (κ2) is 6.23. The number of phenols is 1. The number of aliphatic hydroxyl groups is 4. The Morgan fingerprint density at radius 2 is 1.70 bits per heavy atom. The largest absolute Gasteiger partial charge is 0.507 e. The Kier molecular flexibility index (Phi) is 4.61. The monoisotopic (exact) mass is 281 g/mol. The highest BCUT2D eigenvalue weighted by molar-refractivity contribution is 5.87. The van der Waals surface area contributed by atoms with Gasteiger partial charge in [-0.3, -0.25) is 0 Å². The quantitative estimate of drug-likeness (QED) is 0.495. The van der Waals surface area contributed by atoms with Gasteiger partial charge in [0, 0.05) is 18.0 Å². The van der Waals surface area contributed by atoms with Crippen molar-refractivity contribution in [1.82, 2.24) is 4.57 Å². The summed E-state index contributed by atoms with van der Waals surface area (Å²) < 4.78 is 1.74. The molecule has 0 saturated carbocycles. The van der Waals surface area contributed by atoms with E-state index in [2.05, 4.69) is 0 Å². The van der Waals surface area contributed by atoms with E-state index in [1.165, 1.54) is 0 Å². The molecule has 0 amide bonds. The topological polar surface area (TPSA) is 106 Å². The third-order valence-corrected chi connectivity index (χ3v) is 3.29. The van der Waals surface area contributed by atoms with Gasteiger partial charge >= 0.3 is 0 Å². The zero-order valence-electron chi connectivity index (χ0n) is 11.0. The molecule has 1 heterocycles. The molecule has 0 aliphatic carbocycles. The fraction of sp³-hybridized carbons (Fsp3) is 0.429. The first-order valence-electron chi connectivity index (χ1n) is 6.44. The van der Waals surface area contributed by atoms with Crippen molar-refractivity contribution in [2.75, 3.05) is 13.2 Å². The van der Waals surface area contributed by atoms with Gasteiger partial charge in [0.25, 0.3) is 0 Å². The highest BCUT2D eigenvalue weighted by Gasteiger charge is 2.14. The molecular formula is C14H19NO5. The van der Waals surface area contributed by atoms with Crippen LogP contribution in [0.3, 0.4) is 0 Å². The average molecular weight is 281 g/mol. The van der Waals surface area contributed by atoms with Crippen LogP contribution >= 0.6 is 0 Å². The highest BCUT2D eigenvalue weighted by Crippen LogP contribution is 2.30. The van der Waals surface area contributed by atoms with Gasteiger partial charge in [-0.25, -0.2) is 0 Å². The summed E-state index contributed by atoms with van der Waals surface area (Å²) in [6.45, 7) is -0.453. The van der Waals surface area contributed by atoms with Crippen molar-refractivity contribution < 1.29 is 25.5 Å². The van der Waals surface area contributed by atoms with Gasteiger partial charge in [-0.2, -0.15) is 0 Å². The van der Waals surface area contributed by atoms with E-state index in [1.54, 1.807) is 29.0 Å². The number of nitrogens with zero attached hydrogens (tertiary/aromatic N) is 1. The Bertz CT molecular complexity index is 580. The van der Waals surface area contributed by atoms with Crippen LogP contribution in [0.5, 0.6) is 5.75 Å². The van der Waals surface area contributed by atoms with Crippen LogP contribution in [0.25, 0.3) is 10.9 Å². The van der Waals surface area contributed by atoms with Crippen molar-refractivity contribution in [1.29, 1.82) is 0 Å². The normalized spacial score (nSPS) is 14.6. The van der Waals surface area contributed by atoms with Crippen LogP contribution in [-0.2, 0) is 13.0 Å². The molecule has 6 heteroatoms. The van der Waals surface area contributed by atoms with E-state index in [4.69, 9.17) is 10.2 Å². The lowest BCUT2D eigenvalue weighted by molar-refractivity contribution is 0.0822. The van der Waals surface area contributed by atoms with Gasteiger partial charge in [0.15, 0.2) is 0 Å².